The predicted octanol–water partition coefficient (Wildman–Crippen LogP) is 3.73. The molecule has 108 valence electrons. The molecule has 0 spiro atoms. The van der Waals surface area contributed by atoms with Crippen molar-refractivity contribution in [2.24, 2.45) is 0 Å². The van der Waals surface area contributed by atoms with Crippen molar-refractivity contribution in [3.8, 4) is 0 Å². The topological polar surface area (TPSA) is 42.0 Å². The highest BCUT2D eigenvalue weighted by atomic mass is 35.5. The molecule has 1 heterocycles. The molecule has 1 aromatic heterocycles. The Bertz CT molecular complexity index is 641. The third kappa shape index (κ3) is 3.04. The fourth-order valence-electron chi connectivity index (χ4n) is 1.86. The number of fused-ring (bicyclic) bond motifs is 1. The minimum Gasteiger partial charge on any atom is -0.356 e. The van der Waals surface area contributed by atoms with Crippen LogP contribution >= 0.6 is 22.9 Å². The minimum atomic E-state index is -4.65. The minimum absolute atomic E-state index is 0.115. The Morgan fingerprint density at radius 2 is 2.20 bits per heavy atom. The first kappa shape index (κ1) is 15.1. The number of carbonyl (C=O) groups excluding carboxylic acids is 1. The van der Waals surface area contributed by atoms with Crippen LogP contribution in [0.1, 0.15) is 18.4 Å². The van der Waals surface area contributed by atoms with E-state index in [1.807, 2.05) is 0 Å². The van der Waals surface area contributed by atoms with Gasteiger partial charge in [-0.15, -0.1) is 11.3 Å². The molecule has 1 N–H and O–H groups in total. The Labute approximate surface area is 121 Å². The van der Waals surface area contributed by atoms with Gasteiger partial charge in [0.05, 0.1) is 10.2 Å². The molecule has 0 aliphatic rings. The van der Waals surface area contributed by atoms with Gasteiger partial charge in [-0.2, -0.15) is 13.2 Å². The van der Waals surface area contributed by atoms with E-state index in [9.17, 15) is 18.0 Å². The second-order valence-corrected chi connectivity index (χ2v) is 5.68. The van der Waals surface area contributed by atoms with Crippen molar-refractivity contribution in [3.63, 3.8) is 0 Å². The van der Waals surface area contributed by atoms with Crippen molar-refractivity contribution in [1.29, 1.82) is 0 Å². The lowest BCUT2D eigenvalue weighted by Crippen LogP contribution is -2.37. The summed E-state index contributed by atoms with van der Waals surface area (Å²) in [5.41, 5.74) is 0.400. The molecule has 0 saturated heterocycles. The number of rotatable bonds is 3. The highest BCUT2D eigenvalue weighted by Gasteiger charge is 2.45. The SMILES string of the molecule is CCNC(=O)C(c1ccc2nc(Cl)sc2c1)C(F)(F)F. The summed E-state index contributed by atoms with van der Waals surface area (Å²) in [4.78, 5) is 15.6. The Morgan fingerprint density at radius 3 is 2.80 bits per heavy atom. The molecular formula is C12H10ClF3N2OS. The van der Waals surface area contributed by atoms with Gasteiger partial charge in [-0.05, 0) is 24.6 Å². The number of likely N-dealkylation sites (N-methyl/N-ethyl adjacent to an activating group) is 1. The Kier molecular flexibility index (Phi) is 4.19. The van der Waals surface area contributed by atoms with E-state index in [4.69, 9.17) is 11.6 Å². The lowest BCUT2D eigenvalue weighted by Gasteiger charge is -2.19. The maximum Gasteiger partial charge on any atom is 0.404 e. The van der Waals surface area contributed by atoms with E-state index < -0.39 is 18.0 Å². The Hall–Kier alpha value is -1.34. The first-order valence-electron chi connectivity index (χ1n) is 5.73. The molecule has 1 unspecified atom stereocenters. The average Bonchev–Trinajstić information content (AvgIpc) is 2.67. The lowest BCUT2D eigenvalue weighted by atomic mass is 9.97. The van der Waals surface area contributed by atoms with Crippen molar-refractivity contribution in [2.45, 2.75) is 19.0 Å². The van der Waals surface area contributed by atoms with E-state index in [1.165, 1.54) is 18.2 Å². The zero-order valence-corrected chi connectivity index (χ0v) is 11.9. The zero-order valence-electron chi connectivity index (χ0n) is 10.3. The van der Waals surface area contributed by atoms with Gasteiger partial charge in [-0.3, -0.25) is 4.79 Å². The van der Waals surface area contributed by atoms with Crippen LogP contribution < -0.4 is 5.32 Å². The number of nitrogens with zero attached hydrogens (tertiary/aromatic N) is 1. The van der Waals surface area contributed by atoms with Crippen molar-refractivity contribution < 1.29 is 18.0 Å². The molecule has 0 saturated carbocycles. The molecule has 20 heavy (non-hydrogen) atoms. The molecule has 0 aliphatic heterocycles. The number of halogens is 4. The van der Waals surface area contributed by atoms with Crippen LogP contribution in [0.25, 0.3) is 10.2 Å². The first-order valence-corrected chi connectivity index (χ1v) is 6.92. The number of hydrogen-bond acceptors (Lipinski definition) is 3. The molecule has 0 aliphatic carbocycles. The van der Waals surface area contributed by atoms with E-state index in [0.29, 0.717) is 10.2 Å². The van der Waals surface area contributed by atoms with E-state index in [-0.39, 0.29) is 16.6 Å². The number of thiazole rings is 1. The smallest absolute Gasteiger partial charge is 0.356 e. The van der Waals surface area contributed by atoms with Crippen molar-refractivity contribution in [3.05, 3.63) is 28.2 Å². The van der Waals surface area contributed by atoms with Gasteiger partial charge in [0, 0.05) is 6.54 Å². The van der Waals surface area contributed by atoms with E-state index in [0.717, 1.165) is 11.3 Å². The fraction of sp³-hybridized carbons (Fsp3) is 0.333. The fourth-order valence-corrected chi connectivity index (χ4v) is 2.94. The number of alkyl halides is 3. The zero-order chi connectivity index (χ0) is 14.9. The summed E-state index contributed by atoms with van der Waals surface area (Å²) in [7, 11) is 0. The van der Waals surface area contributed by atoms with Gasteiger partial charge < -0.3 is 5.32 Å². The van der Waals surface area contributed by atoms with E-state index in [1.54, 1.807) is 6.92 Å². The van der Waals surface area contributed by atoms with Crippen LogP contribution in [0.2, 0.25) is 4.47 Å². The number of hydrogen-bond donors (Lipinski definition) is 1. The normalized spacial score (nSPS) is 13.4. The highest BCUT2D eigenvalue weighted by molar-refractivity contribution is 7.22. The second-order valence-electron chi connectivity index (χ2n) is 4.06. The third-order valence-electron chi connectivity index (χ3n) is 2.66. The van der Waals surface area contributed by atoms with Crippen LogP contribution in [0.5, 0.6) is 0 Å². The molecule has 0 fully saturated rings. The summed E-state index contributed by atoms with van der Waals surface area (Å²) >= 11 is 6.80. The molecule has 0 radical (unpaired) electrons. The Balaban J connectivity index is 2.47. The van der Waals surface area contributed by atoms with Crippen molar-refractivity contribution >= 4 is 39.1 Å². The summed E-state index contributed by atoms with van der Waals surface area (Å²) in [6, 6.07) is 4.00. The number of aromatic nitrogens is 1. The highest BCUT2D eigenvalue weighted by Crippen LogP contribution is 2.37. The number of amides is 1. The summed E-state index contributed by atoms with van der Waals surface area (Å²) in [5, 5.41) is 2.21. The monoisotopic (exact) mass is 322 g/mol. The van der Waals surface area contributed by atoms with Crippen LogP contribution in [0.15, 0.2) is 18.2 Å². The van der Waals surface area contributed by atoms with Gasteiger partial charge in [0.15, 0.2) is 10.4 Å². The molecule has 2 rings (SSSR count). The first-order chi connectivity index (χ1) is 9.32. The largest absolute Gasteiger partial charge is 0.404 e. The van der Waals surface area contributed by atoms with E-state index in [2.05, 4.69) is 10.3 Å². The maximum atomic E-state index is 13.1. The molecular weight excluding hydrogens is 313 g/mol. The van der Waals surface area contributed by atoms with Crippen molar-refractivity contribution in [2.75, 3.05) is 6.54 Å². The van der Waals surface area contributed by atoms with Crippen LogP contribution in [0.3, 0.4) is 0 Å². The van der Waals surface area contributed by atoms with Gasteiger partial charge in [0.1, 0.15) is 0 Å². The summed E-state index contributed by atoms with van der Waals surface area (Å²) in [6.45, 7) is 1.71. The standard InChI is InChI=1S/C12H10ClF3N2OS/c1-2-17-10(19)9(12(14,15)16)6-3-4-7-8(5-6)20-11(13)18-7/h3-5,9H,2H2,1H3,(H,17,19). The van der Waals surface area contributed by atoms with Gasteiger partial charge >= 0.3 is 6.18 Å². The van der Waals surface area contributed by atoms with Gasteiger partial charge in [-0.25, -0.2) is 4.98 Å². The van der Waals surface area contributed by atoms with Crippen LogP contribution in [0.4, 0.5) is 13.2 Å². The molecule has 1 aromatic carbocycles. The molecule has 8 heteroatoms. The van der Waals surface area contributed by atoms with Crippen LogP contribution in [-0.4, -0.2) is 23.6 Å². The lowest BCUT2D eigenvalue weighted by molar-refractivity contribution is -0.164. The summed E-state index contributed by atoms with van der Waals surface area (Å²) < 4.78 is 40.0. The summed E-state index contributed by atoms with van der Waals surface area (Å²) in [5.74, 6) is -3.25. The van der Waals surface area contributed by atoms with Crippen LogP contribution in [0, 0.1) is 0 Å². The molecule has 0 bridgehead atoms. The van der Waals surface area contributed by atoms with Gasteiger partial charge in [0.25, 0.3) is 0 Å². The predicted molar refractivity (Wildman–Crippen MR) is 72.1 cm³/mol. The number of carbonyl (C=O) groups is 1. The molecule has 1 atom stereocenters. The molecule has 1 amide bonds. The quantitative estimate of drug-likeness (QED) is 0.935. The average molecular weight is 323 g/mol. The van der Waals surface area contributed by atoms with Crippen molar-refractivity contribution in [1.82, 2.24) is 10.3 Å². The third-order valence-corrected chi connectivity index (χ3v) is 3.78. The summed E-state index contributed by atoms with van der Waals surface area (Å²) in [6.07, 6.45) is -4.65. The van der Waals surface area contributed by atoms with Gasteiger partial charge in [-0.1, -0.05) is 17.7 Å². The Morgan fingerprint density at radius 1 is 1.50 bits per heavy atom. The van der Waals surface area contributed by atoms with Crippen LogP contribution in [-0.2, 0) is 4.79 Å². The second kappa shape index (κ2) is 5.57. The van der Waals surface area contributed by atoms with Gasteiger partial charge in [0.2, 0.25) is 5.91 Å². The number of benzene rings is 1. The molecule has 3 nitrogen and oxygen atoms in total. The number of nitrogens with one attached hydrogen (secondary N) is 1. The maximum absolute atomic E-state index is 13.1. The van der Waals surface area contributed by atoms with E-state index >= 15 is 0 Å². The molecule has 2 aromatic rings.